The van der Waals surface area contributed by atoms with Crippen molar-refractivity contribution in [2.75, 3.05) is 12.0 Å². The fourth-order valence-electron chi connectivity index (χ4n) is 0.959. The van der Waals surface area contributed by atoms with Gasteiger partial charge >= 0.3 is 0 Å². The third-order valence-corrected chi connectivity index (χ3v) is 1.89. The second-order valence-corrected chi connectivity index (χ2v) is 4.54. The summed E-state index contributed by atoms with van der Waals surface area (Å²) in [5, 5.41) is 0. The predicted octanol–water partition coefficient (Wildman–Crippen LogP) is 1.58. The normalized spacial score (nSPS) is 11.2. The molecule has 5 heteroatoms. The van der Waals surface area contributed by atoms with E-state index in [1.165, 1.54) is 6.33 Å². The van der Waals surface area contributed by atoms with E-state index in [1.54, 1.807) is 6.07 Å². The number of anilines is 1. The van der Waals surface area contributed by atoms with E-state index in [2.05, 4.69) is 36.2 Å². The molecule has 0 atom stereocenters. The summed E-state index contributed by atoms with van der Waals surface area (Å²) >= 11 is 0. The predicted molar refractivity (Wildman–Crippen MR) is 59.4 cm³/mol. The van der Waals surface area contributed by atoms with Crippen molar-refractivity contribution < 1.29 is 4.74 Å². The lowest BCUT2D eigenvalue weighted by molar-refractivity contribution is 0.236. The first-order valence-electron chi connectivity index (χ1n) is 4.93. The SMILES string of the molecule is CC(C)(C)CCOc1cc(NN)ncn1. The average molecular weight is 210 g/mol. The maximum Gasteiger partial charge on any atom is 0.218 e. The maximum atomic E-state index is 5.48. The van der Waals surface area contributed by atoms with Gasteiger partial charge in [-0.25, -0.2) is 15.8 Å². The molecule has 0 bridgehead atoms. The molecular formula is C10H18N4O. The van der Waals surface area contributed by atoms with Crippen molar-refractivity contribution in [1.29, 1.82) is 0 Å². The summed E-state index contributed by atoms with van der Waals surface area (Å²) in [4.78, 5) is 7.87. The minimum Gasteiger partial charge on any atom is -0.478 e. The van der Waals surface area contributed by atoms with Crippen LogP contribution >= 0.6 is 0 Å². The van der Waals surface area contributed by atoms with E-state index in [0.29, 0.717) is 18.3 Å². The number of nitrogens with two attached hydrogens (primary N) is 1. The molecule has 0 saturated carbocycles. The fraction of sp³-hybridized carbons (Fsp3) is 0.600. The lowest BCUT2D eigenvalue weighted by Gasteiger charge is -2.17. The van der Waals surface area contributed by atoms with Gasteiger partial charge in [-0.15, -0.1) is 0 Å². The van der Waals surface area contributed by atoms with Gasteiger partial charge in [0.25, 0.3) is 0 Å². The summed E-state index contributed by atoms with van der Waals surface area (Å²) in [7, 11) is 0. The van der Waals surface area contributed by atoms with Crippen molar-refractivity contribution in [3.05, 3.63) is 12.4 Å². The number of hydrazine groups is 1. The van der Waals surface area contributed by atoms with E-state index >= 15 is 0 Å². The Bertz CT molecular complexity index is 309. The third kappa shape index (κ3) is 4.60. The van der Waals surface area contributed by atoms with E-state index in [4.69, 9.17) is 10.6 Å². The molecule has 0 aromatic carbocycles. The molecule has 1 rings (SSSR count). The summed E-state index contributed by atoms with van der Waals surface area (Å²) in [6.45, 7) is 7.15. The molecule has 0 radical (unpaired) electrons. The highest BCUT2D eigenvalue weighted by Gasteiger charge is 2.10. The summed E-state index contributed by atoms with van der Waals surface area (Å²) in [6.07, 6.45) is 2.39. The van der Waals surface area contributed by atoms with Crippen LogP contribution in [-0.4, -0.2) is 16.6 Å². The van der Waals surface area contributed by atoms with Gasteiger partial charge in [0.2, 0.25) is 5.88 Å². The smallest absolute Gasteiger partial charge is 0.218 e. The van der Waals surface area contributed by atoms with Gasteiger partial charge in [0.1, 0.15) is 12.1 Å². The Balaban J connectivity index is 2.44. The number of ether oxygens (including phenoxy) is 1. The molecule has 0 amide bonds. The Morgan fingerprint density at radius 3 is 2.73 bits per heavy atom. The van der Waals surface area contributed by atoms with Crippen LogP contribution in [0.15, 0.2) is 12.4 Å². The van der Waals surface area contributed by atoms with Crippen LogP contribution in [0.2, 0.25) is 0 Å². The summed E-state index contributed by atoms with van der Waals surface area (Å²) < 4.78 is 5.48. The first kappa shape index (κ1) is 11.7. The quantitative estimate of drug-likeness (QED) is 0.583. The molecular weight excluding hydrogens is 192 g/mol. The molecule has 5 nitrogen and oxygen atoms in total. The fourth-order valence-corrected chi connectivity index (χ4v) is 0.959. The van der Waals surface area contributed by atoms with E-state index in [-0.39, 0.29) is 5.41 Å². The zero-order valence-corrected chi connectivity index (χ0v) is 9.45. The van der Waals surface area contributed by atoms with Gasteiger partial charge in [-0.3, -0.25) is 0 Å². The van der Waals surface area contributed by atoms with Crippen LogP contribution in [0.1, 0.15) is 27.2 Å². The number of hydrogen-bond acceptors (Lipinski definition) is 5. The zero-order valence-electron chi connectivity index (χ0n) is 9.45. The van der Waals surface area contributed by atoms with E-state index in [9.17, 15) is 0 Å². The molecule has 0 aliphatic rings. The molecule has 0 saturated heterocycles. The number of hydrogen-bond donors (Lipinski definition) is 2. The molecule has 0 aliphatic carbocycles. The van der Waals surface area contributed by atoms with Gasteiger partial charge in [-0.05, 0) is 11.8 Å². The van der Waals surface area contributed by atoms with Crippen LogP contribution in [0.25, 0.3) is 0 Å². The van der Waals surface area contributed by atoms with Crippen molar-refractivity contribution in [2.24, 2.45) is 11.3 Å². The van der Waals surface area contributed by atoms with Gasteiger partial charge in [0.15, 0.2) is 0 Å². The van der Waals surface area contributed by atoms with E-state index in [0.717, 1.165) is 6.42 Å². The molecule has 0 fully saturated rings. The van der Waals surface area contributed by atoms with Crippen LogP contribution in [0.3, 0.4) is 0 Å². The monoisotopic (exact) mass is 210 g/mol. The minimum absolute atomic E-state index is 0.266. The number of nitrogens with zero attached hydrogens (tertiary/aromatic N) is 2. The molecule has 1 aromatic rings. The molecule has 0 unspecified atom stereocenters. The van der Waals surface area contributed by atoms with Gasteiger partial charge in [-0.2, -0.15) is 0 Å². The lowest BCUT2D eigenvalue weighted by Crippen LogP contribution is -2.12. The van der Waals surface area contributed by atoms with Gasteiger partial charge in [-0.1, -0.05) is 20.8 Å². The molecule has 0 spiro atoms. The lowest BCUT2D eigenvalue weighted by atomic mass is 9.93. The van der Waals surface area contributed by atoms with Crippen LogP contribution < -0.4 is 16.0 Å². The second kappa shape index (κ2) is 4.93. The Morgan fingerprint density at radius 2 is 2.13 bits per heavy atom. The number of nitrogen functional groups attached to an aromatic ring is 1. The molecule has 1 heterocycles. The highest BCUT2D eigenvalue weighted by molar-refractivity contribution is 5.35. The maximum absolute atomic E-state index is 5.48. The van der Waals surface area contributed by atoms with Crippen LogP contribution in [0, 0.1) is 5.41 Å². The average Bonchev–Trinajstić information content (AvgIpc) is 2.16. The first-order chi connectivity index (χ1) is 7.01. The summed E-state index contributed by atoms with van der Waals surface area (Å²) in [5.41, 5.74) is 2.71. The largest absolute Gasteiger partial charge is 0.478 e. The third-order valence-electron chi connectivity index (χ3n) is 1.89. The molecule has 84 valence electrons. The van der Waals surface area contributed by atoms with E-state index < -0.39 is 0 Å². The van der Waals surface area contributed by atoms with Crippen molar-refractivity contribution in [1.82, 2.24) is 9.97 Å². The molecule has 1 aromatic heterocycles. The van der Waals surface area contributed by atoms with Crippen LogP contribution in [0.4, 0.5) is 5.82 Å². The summed E-state index contributed by atoms with van der Waals surface area (Å²) in [5.74, 6) is 6.32. The van der Waals surface area contributed by atoms with Crippen LogP contribution in [-0.2, 0) is 0 Å². The van der Waals surface area contributed by atoms with Crippen molar-refractivity contribution in [2.45, 2.75) is 27.2 Å². The summed E-state index contributed by atoms with van der Waals surface area (Å²) in [6, 6.07) is 1.67. The number of aromatic nitrogens is 2. The van der Waals surface area contributed by atoms with Crippen LogP contribution in [0.5, 0.6) is 5.88 Å². The topological polar surface area (TPSA) is 73.1 Å². The van der Waals surface area contributed by atoms with Crippen molar-refractivity contribution in [3.8, 4) is 5.88 Å². The van der Waals surface area contributed by atoms with E-state index in [1.807, 2.05) is 0 Å². The Morgan fingerprint density at radius 1 is 1.40 bits per heavy atom. The first-order valence-corrected chi connectivity index (χ1v) is 4.93. The van der Waals surface area contributed by atoms with Crippen molar-refractivity contribution >= 4 is 5.82 Å². The number of rotatable bonds is 4. The Kier molecular flexibility index (Phi) is 3.85. The van der Waals surface area contributed by atoms with Gasteiger partial charge in [0, 0.05) is 6.07 Å². The minimum atomic E-state index is 0.266. The number of nitrogens with one attached hydrogen (secondary N) is 1. The second-order valence-electron chi connectivity index (χ2n) is 4.54. The molecule has 3 N–H and O–H groups in total. The highest BCUT2D eigenvalue weighted by Crippen LogP contribution is 2.19. The highest BCUT2D eigenvalue weighted by atomic mass is 16.5. The molecule has 0 aliphatic heterocycles. The zero-order chi connectivity index (χ0) is 11.3. The van der Waals surface area contributed by atoms with Crippen molar-refractivity contribution in [3.63, 3.8) is 0 Å². The Hall–Kier alpha value is -1.36. The van der Waals surface area contributed by atoms with Gasteiger partial charge < -0.3 is 10.2 Å². The standard InChI is InChI=1S/C10H18N4O/c1-10(2,3)4-5-15-9-6-8(14-11)12-7-13-9/h6-7H,4-5,11H2,1-3H3,(H,12,13,14). The molecule has 15 heavy (non-hydrogen) atoms. The Labute approximate surface area is 90.0 Å². The van der Waals surface area contributed by atoms with Gasteiger partial charge in [0.05, 0.1) is 6.61 Å².